The first kappa shape index (κ1) is 16.7. The predicted octanol–water partition coefficient (Wildman–Crippen LogP) is 3.72. The van der Waals surface area contributed by atoms with Crippen LogP contribution in [0, 0.1) is 0 Å². The van der Waals surface area contributed by atoms with Gasteiger partial charge in [-0.1, -0.05) is 43.3 Å². The third kappa shape index (κ3) is 4.42. The first-order valence-electron chi connectivity index (χ1n) is 7.77. The number of ether oxygens (including phenoxy) is 1. The Bertz CT molecular complexity index is 677. The van der Waals surface area contributed by atoms with Gasteiger partial charge in [-0.05, 0) is 31.0 Å². The molecule has 0 saturated carbocycles. The van der Waals surface area contributed by atoms with Crippen LogP contribution in [0.25, 0.3) is 0 Å². The molecule has 0 aliphatic heterocycles. The summed E-state index contributed by atoms with van der Waals surface area (Å²) in [5, 5.41) is 3.10. The highest BCUT2D eigenvalue weighted by molar-refractivity contribution is 6.00. The van der Waals surface area contributed by atoms with Gasteiger partial charge in [-0.2, -0.15) is 0 Å². The Labute approximate surface area is 136 Å². The third-order valence-corrected chi connectivity index (χ3v) is 3.53. The number of para-hydroxylation sites is 1. The summed E-state index contributed by atoms with van der Waals surface area (Å²) < 4.78 is 5.16. The van der Waals surface area contributed by atoms with E-state index < -0.39 is 5.97 Å². The van der Waals surface area contributed by atoms with Gasteiger partial charge in [-0.15, -0.1) is 0 Å². The summed E-state index contributed by atoms with van der Waals surface area (Å²) in [6.07, 6.45) is 0.921. The number of esters is 1. The maximum Gasteiger partial charge on any atom is 0.340 e. The number of carbonyl (C=O) groups is 2. The molecule has 2 aromatic carbocycles. The molecule has 0 aliphatic carbocycles. The van der Waals surface area contributed by atoms with Crippen LogP contribution in [0.5, 0.6) is 0 Å². The molecule has 2 aromatic rings. The van der Waals surface area contributed by atoms with Crippen LogP contribution in [0.4, 0.5) is 5.69 Å². The summed E-state index contributed by atoms with van der Waals surface area (Å²) in [6.45, 7) is 4.45. The van der Waals surface area contributed by atoms with Gasteiger partial charge in [0.25, 0.3) is 0 Å². The van der Waals surface area contributed by atoms with Crippen molar-refractivity contribution in [1.29, 1.82) is 0 Å². The Balaban J connectivity index is 1.99. The van der Waals surface area contributed by atoms with E-state index in [9.17, 15) is 9.59 Å². The standard InChI is InChI=1S/C19H21NO3/c1-3-14-9-11-15(12-10-14)18(21)13-23-19(22)16-7-5-6-8-17(16)20-4-2/h5-12,20H,3-4,13H2,1-2H3. The number of Topliss-reactive ketones (excluding diaryl/α,β-unsaturated/α-hetero) is 1. The van der Waals surface area contributed by atoms with Crippen molar-refractivity contribution in [1.82, 2.24) is 0 Å². The lowest BCUT2D eigenvalue weighted by atomic mass is 10.1. The molecule has 0 saturated heterocycles. The van der Waals surface area contributed by atoms with Gasteiger partial charge >= 0.3 is 5.97 Å². The molecular formula is C19H21NO3. The second kappa shape index (κ2) is 8.13. The Hall–Kier alpha value is -2.62. The summed E-state index contributed by atoms with van der Waals surface area (Å²) in [6, 6.07) is 14.5. The highest BCUT2D eigenvalue weighted by Gasteiger charge is 2.14. The lowest BCUT2D eigenvalue weighted by Gasteiger charge is -2.10. The van der Waals surface area contributed by atoms with E-state index in [0.717, 1.165) is 12.0 Å². The monoisotopic (exact) mass is 311 g/mol. The van der Waals surface area contributed by atoms with E-state index in [2.05, 4.69) is 12.2 Å². The fourth-order valence-electron chi connectivity index (χ4n) is 2.22. The second-order valence-corrected chi connectivity index (χ2v) is 5.13. The molecule has 4 nitrogen and oxygen atoms in total. The molecule has 0 aliphatic rings. The highest BCUT2D eigenvalue weighted by atomic mass is 16.5. The number of hydrogen-bond donors (Lipinski definition) is 1. The molecule has 23 heavy (non-hydrogen) atoms. The summed E-state index contributed by atoms with van der Waals surface area (Å²) in [4.78, 5) is 24.3. The van der Waals surface area contributed by atoms with Crippen molar-refractivity contribution in [2.75, 3.05) is 18.5 Å². The number of carbonyl (C=O) groups excluding carboxylic acids is 2. The Kier molecular flexibility index (Phi) is 5.92. The van der Waals surface area contributed by atoms with Crippen molar-refractivity contribution < 1.29 is 14.3 Å². The van der Waals surface area contributed by atoms with Gasteiger partial charge in [0.2, 0.25) is 0 Å². The maximum atomic E-state index is 12.2. The van der Waals surface area contributed by atoms with Crippen LogP contribution >= 0.6 is 0 Å². The van der Waals surface area contributed by atoms with Crippen LogP contribution in [0.3, 0.4) is 0 Å². The van der Waals surface area contributed by atoms with Gasteiger partial charge in [0.15, 0.2) is 12.4 Å². The van der Waals surface area contributed by atoms with E-state index in [0.29, 0.717) is 23.4 Å². The zero-order chi connectivity index (χ0) is 16.7. The maximum absolute atomic E-state index is 12.2. The first-order chi connectivity index (χ1) is 11.2. The SMILES string of the molecule is CCNc1ccccc1C(=O)OCC(=O)c1ccc(CC)cc1. The molecule has 120 valence electrons. The topological polar surface area (TPSA) is 55.4 Å². The Morgan fingerprint density at radius 3 is 2.35 bits per heavy atom. The molecule has 2 rings (SSSR count). The van der Waals surface area contributed by atoms with Gasteiger partial charge in [-0.3, -0.25) is 4.79 Å². The van der Waals surface area contributed by atoms with Gasteiger partial charge < -0.3 is 10.1 Å². The van der Waals surface area contributed by atoms with Crippen molar-refractivity contribution in [2.24, 2.45) is 0 Å². The number of ketones is 1. The first-order valence-corrected chi connectivity index (χ1v) is 7.77. The molecule has 0 fully saturated rings. The molecule has 0 aromatic heterocycles. The molecule has 4 heteroatoms. The number of rotatable bonds is 7. The van der Waals surface area contributed by atoms with Crippen molar-refractivity contribution in [3.63, 3.8) is 0 Å². The number of benzene rings is 2. The summed E-state index contributed by atoms with van der Waals surface area (Å²) in [7, 11) is 0. The molecule has 0 unspecified atom stereocenters. The van der Waals surface area contributed by atoms with E-state index in [1.54, 1.807) is 24.3 Å². The van der Waals surface area contributed by atoms with Crippen molar-refractivity contribution in [3.05, 3.63) is 65.2 Å². The molecule has 0 atom stereocenters. The fraction of sp³-hybridized carbons (Fsp3) is 0.263. The molecule has 0 heterocycles. The van der Waals surface area contributed by atoms with Gasteiger partial charge in [0, 0.05) is 17.8 Å². The van der Waals surface area contributed by atoms with E-state index in [1.165, 1.54) is 0 Å². The van der Waals surface area contributed by atoms with Gasteiger partial charge in [-0.25, -0.2) is 4.79 Å². The molecule has 0 radical (unpaired) electrons. The number of anilines is 1. The Morgan fingerprint density at radius 2 is 1.70 bits per heavy atom. The zero-order valence-corrected chi connectivity index (χ0v) is 13.5. The lowest BCUT2D eigenvalue weighted by Crippen LogP contribution is -2.15. The lowest BCUT2D eigenvalue weighted by molar-refractivity contribution is 0.0475. The van der Waals surface area contributed by atoms with E-state index in [1.807, 2.05) is 31.2 Å². The van der Waals surface area contributed by atoms with Crippen molar-refractivity contribution in [2.45, 2.75) is 20.3 Å². The smallest absolute Gasteiger partial charge is 0.340 e. The normalized spacial score (nSPS) is 10.2. The molecule has 1 N–H and O–H groups in total. The van der Waals surface area contributed by atoms with Crippen LogP contribution in [0.2, 0.25) is 0 Å². The van der Waals surface area contributed by atoms with E-state index >= 15 is 0 Å². The summed E-state index contributed by atoms with van der Waals surface area (Å²) in [5.41, 5.74) is 2.86. The van der Waals surface area contributed by atoms with Crippen LogP contribution in [0.15, 0.2) is 48.5 Å². The van der Waals surface area contributed by atoms with Crippen LogP contribution in [-0.4, -0.2) is 24.9 Å². The molecule has 0 spiro atoms. The van der Waals surface area contributed by atoms with Crippen molar-refractivity contribution >= 4 is 17.4 Å². The summed E-state index contributed by atoms with van der Waals surface area (Å²) >= 11 is 0. The number of hydrogen-bond acceptors (Lipinski definition) is 4. The largest absolute Gasteiger partial charge is 0.454 e. The van der Waals surface area contributed by atoms with E-state index in [-0.39, 0.29) is 12.4 Å². The Morgan fingerprint density at radius 1 is 1.00 bits per heavy atom. The second-order valence-electron chi connectivity index (χ2n) is 5.13. The van der Waals surface area contributed by atoms with Gasteiger partial charge in [0.05, 0.1) is 5.56 Å². The molecular weight excluding hydrogens is 290 g/mol. The predicted molar refractivity (Wildman–Crippen MR) is 91.0 cm³/mol. The molecule has 0 bridgehead atoms. The zero-order valence-electron chi connectivity index (χ0n) is 13.5. The average molecular weight is 311 g/mol. The highest BCUT2D eigenvalue weighted by Crippen LogP contribution is 2.16. The van der Waals surface area contributed by atoms with Crippen LogP contribution < -0.4 is 5.32 Å². The fourth-order valence-corrected chi connectivity index (χ4v) is 2.22. The summed E-state index contributed by atoms with van der Waals surface area (Å²) in [5.74, 6) is -0.706. The minimum Gasteiger partial charge on any atom is -0.454 e. The minimum absolute atomic E-state index is 0.207. The van der Waals surface area contributed by atoms with Crippen LogP contribution in [0.1, 0.15) is 40.1 Å². The number of nitrogens with one attached hydrogen (secondary N) is 1. The van der Waals surface area contributed by atoms with Gasteiger partial charge in [0.1, 0.15) is 0 Å². The average Bonchev–Trinajstić information content (AvgIpc) is 2.60. The molecule has 0 amide bonds. The minimum atomic E-state index is -0.500. The third-order valence-electron chi connectivity index (χ3n) is 3.53. The number of aryl methyl sites for hydroxylation is 1. The quantitative estimate of drug-likeness (QED) is 0.625. The van der Waals surface area contributed by atoms with E-state index in [4.69, 9.17) is 4.74 Å². The van der Waals surface area contributed by atoms with Crippen LogP contribution in [-0.2, 0) is 11.2 Å². The van der Waals surface area contributed by atoms with Crippen molar-refractivity contribution in [3.8, 4) is 0 Å².